The number of imidazole rings is 1. The van der Waals surface area contributed by atoms with Crippen molar-refractivity contribution in [1.82, 2.24) is 29.7 Å². The average molecular weight is 288 g/mol. The molecule has 108 valence electrons. The smallest absolute Gasteiger partial charge is 0.358 e. The summed E-state index contributed by atoms with van der Waals surface area (Å²) in [6.07, 6.45) is 3.15. The predicted octanol–water partition coefficient (Wildman–Crippen LogP) is 0.722. The van der Waals surface area contributed by atoms with Gasteiger partial charge in [-0.25, -0.2) is 14.5 Å². The van der Waals surface area contributed by atoms with Gasteiger partial charge in [-0.3, -0.25) is 0 Å². The molecule has 3 aromatic heterocycles. The van der Waals surface area contributed by atoms with Gasteiger partial charge in [-0.1, -0.05) is 10.4 Å². The molecule has 9 nitrogen and oxygen atoms in total. The molecule has 0 atom stereocenters. The van der Waals surface area contributed by atoms with Gasteiger partial charge in [0.15, 0.2) is 5.69 Å². The van der Waals surface area contributed by atoms with Crippen LogP contribution in [-0.2, 0) is 13.6 Å². The monoisotopic (exact) mass is 288 g/mol. The number of nitrogens with zero attached hydrogens (tertiary/aromatic N) is 6. The lowest BCUT2D eigenvalue weighted by Gasteiger charge is -2.05. The number of carbonyl (C=O) groups is 1. The molecule has 3 aromatic rings. The van der Waals surface area contributed by atoms with E-state index in [-0.39, 0.29) is 12.2 Å². The van der Waals surface area contributed by atoms with Gasteiger partial charge in [0, 0.05) is 13.1 Å². The maximum absolute atomic E-state index is 11.3. The minimum atomic E-state index is -1.14. The number of carboxylic acids is 1. The van der Waals surface area contributed by atoms with Crippen LogP contribution in [0.3, 0.4) is 0 Å². The Morgan fingerprint density at radius 2 is 2.29 bits per heavy atom. The van der Waals surface area contributed by atoms with Crippen molar-refractivity contribution in [3.05, 3.63) is 35.7 Å². The van der Waals surface area contributed by atoms with E-state index in [2.05, 4.69) is 20.5 Å². The van der Waals surface area contributed by atoms with Crippen LogP contribution >= 0.6 is 0 Å². The highest BCUT2D eigenvalue weighted by Gasteiger charge is 2.23. The second-order valence-electron chi connectivity index (χ2n) is 4.57. The van der Waals surface area contributed by atoms with Crippen molar-refractivity contribution in [2.75, 3.05) is 0 Å². The Hall–Kier alpha value is -2.97. The third kappa shape index (κ3) is 2.29. The molecule has 0 fully saturated rings. The van der Waals surface area contributed by atoms with Crippen LogP contribution in [0, 0.1) is 6.92 Å². The molecular formula is C12H12N6O3. The summed E-state index contributed by atoms with van der Waals surface area (Å²) in [5.74, 6) is -0.473. The lowest BCUT2D eigenvalue weighted by molar-refractivity contribution is 0.0691. The molecule has 0 aliphatic rings. The molecule has 9 heteroatoms. The van der Waals surface area contributed by atoms with E-state index in [4.69, 9.17) is 4.52 Å². The van der Waals surface area contributed by atoms with Crippen molar-refractivity contribution in [3.8, 4) is 11.4 Å². The minimum Gasteiger partial charge on any atom is -0.476 e. The Morgan fingerprint density at radius 1 is 1.48 bits per heavy atom. The van der Waals surface area contributed by atoms with Gasteiger partial charge in [0.1, 0.15) is 17.1 Å². The molecule has 0 unspecified atom stereocenters. The van der Waals surface area contributed by atoms with Crippen LogP contribution in [0.2, 0.25) is 0 Å². The van der Waals surface area contributed by atoms with Crippen LogP contribution in [0.15, 0.2) is 23.1 Å². The Labute approximate surface area is 118 Å². The molecule has 0 saturated carbocycles. The highest BCUT2D eigenvalue weighted by molar-refractivity contribution is 5.92. The SMILES string of the molecule is Cc1cc(Cn2nnc(C(=O)O)c2-c2cncn2C)no1. The zero-order valence-electron chi connectivity index (χ0n) is 11.4. The molecule has 0 bridgehead atoms. The molecule has 1 N–H and O–H groups in total. The number of hydrogen-bond donors (Lipinski definition) is 1. The summed E-state index contributed by atoms with van der Waals surface area (Å²) in [4.78, 5) is 15.3. The molecule has 0 aliphatic heterocycles. The molecule has 3 rings (SSSR count). The Morgan fingerprint density at radius 3 is 2.86 bits per heavy atom. The first-order valence-electron chi connectivity index (χ1n) is 6.12. The molecule has 0 saturated heterocycles. The first-order valence-corrected chi connectivity index (χ1v) is 6.12. The van der Waals surface area contributed by atoms with Crippen LogP contribution in [0.5, 0.6) is 0 Å². The van der Waals surface area contributed by atoms with Crippen molar-refractivity contribution < 1.29 is 14.4 Å². The van der Waals surface area contributed by atoms with Crippen molar-refractivity contribution in [1.29, 1.82) is 0 Å². The number of rotatable bonds is 4. The number of carboxylic acid groups (broad SMARTS) is 1. The topological polar surface area (TPSA) is 112 Å². The zero-order chi connectivity index (χ0) is 15.0. The van der Waals surface area contributed by atoms with Gasteiger partial charge < -0.3 is 14.2 Å². The molecule has 0 radical (unpaired) electrons. The number of aromatic carboxylic acids is 1. The van der Waals surface area contributed by atoms with E-state index in [9.17, 15) is 9.90 Å². The largest absolute Gasteiger partial charge is 0.476 e. The van der Waals surface area contributed by atoms with Crippen LogP contribution < -0.4 is 0 Å². The Kier molecular flexibility index (Phi) is 3.01. The third-order valence-electron chi connectivity index (χ3n) is 2.99. The first-order chi connectivity index (χ1) is 10.1. The fourth-order valence-electron chi connectivity index (χ4n) is 2.05. The summed E-state index contributed by atoms with van der Waals surface area (Å²) < 4.78 is 8.17. The van der Waals surface area contributed by atoms with Crippen LogP contribution in [0.4, 0.5) is 0 Å². The lowest BCUT2D eigenvalue weighted by Crippen LogP contribution is -2.08. The number of aromatic nitrogens is 6. The predicted molar refractivity (Wildman–Crippen MR) is 69.5 cm³/mol. The molecule has 0 amide bonds. The second kappa shape index (κ2) is 4.85. The molecule has 21 heavy (non-hydrogen) atoms. The standard InChI is InChI=1S/C12H12N6O3/c1-7-3-8(15-21-7)5-18-11(9-4-13-6-17(9)2)10(12(19)20)14-16-18/h3-4,6H,5H2,1-2H3,(H,19,20). The van der Waals surface area contributed by atoms with E-state index >= 15 is 0 Å². The van der Waals surface area contributed by atoms with Crippen molar-refractivity contribution >= 4 is 5.97 Å². The maximum atomic E-state index is 11.3. The van der Waals surface area contributed by atoms with Crippen LogP contribution in [0.1, 0.15) is 21.9 Å². The fourth-order valence-corrected chi connectivity index (χ4v) is 2.05. The minimum absolute atomic E-state index is 0.126. The molecular weight excluding hydrogens is 276 g/mol. The van der Waals surface area contributed by atoms with E-state index < -0.39 is 5.97 Å². The van der Waals surface area contributed by atoms with Gasteiger partial charge in [0.05, 0.1) is 24.8 Å². The molecule has 3 heterocycles. The second-order valence-corrected chi connectivity index (χ2v) is 4.57. The summed E-state index contributed by atoms with van der Waals surface area (Å²) in [6.45, 7) is 2.04. The van der Waals surface area contributed by atoms with Crippen LogP contribution in [-0.4, -0.2) is 40.8 Å². The first kappa shape index (κ1) is 13.0. The maximum Gasteiger partial charge on any atom is 0.358 e. The summed E-state index contributed by atoms with van der Waals surface area (Å²) >= 11 is 0. The normalized spacial score (nSPS) is 11.0. The summed E-state index contributed by atoms with van der Waals surface area (Å²) in [6, 6.07) is 1.76. The van der Waals surface area contributed by atoms with E-state index in [1.807, 2.05) is 0 Å². The summed E-state index contributed by atoms with van der Waals surface area (Å²) in [7, 11) is 1.77. The third-order valence-corrected chi connectivity index (χ3v) is 2.99. The average Bonchev–Trinajstić information content (AvgIpc) is 3.11. The molecule has 0 spiro atoms. The highest BCUT2D eigenvalue weighted by Crippen LogP contribution is 2.22. The van der Waals surface area contributed by atoms with Crippen molar-refractivity contribution in [2.45, 2.75) is 13.5 Å². The van der Waals surface area contributed by atoms with E-state index in [0.717, 1.165) is 0 Å². The molecule has 0 aliphatic carbocycles. The van der Waals surface area contributed by atoms with Gasteiger partial charge in [0.25, 0.3) is 0 Å². The van der Waals surface area contributed by atoms with Crippen molar-refractivity contribution in [3.63, 3.8) is 0 Å². The van der Waals surface area contributed by atoms with Crippen LogP contribution in [0.25, 0.3) is 11.4 Å². The van der Waals surface area contributed by atoms with Gasteiger partial charge in [0.2, 0.25) is 0 Å². The van der Waals surface area contributed by atoms with Gasteiger partial charge in [-0.15, -0.1) is 5.10 Å². The summed E-state index contributed by atoms with van der Waals surface area (Å²) in [5, 5.41) is 20.8. The highest BCUT2D eigenvalue weighted by atomic mass is 16.5. The number of hydrogen-bond acceptors (Lipinski definition) is 6. The van der Waals surface area contributed by atoms with E-state index in [1.165, 1.54) is 4.68 Å². The zero-order valence-corrected chi connectivity index (χ0v) is 11.4. The number of aryl methyl sites for hydroxylation is 2. The molecule has 0 aromatic carbocycles. The van der Waals surface area contributed by atoms with Gasteiger partial charge >= 0.3 is 5.97 Å². The lowest BCUT2D eigenvalue weighted by atomic mass is 10.2. The van der Waals surface area contributed by atoms with Gasteiger partial charge in [-0.2, -0.15) is 0 Å². The Balaban J connectivity index is 2.09. The summed E-state index contributed by atoms with van der Waals surface area (Å²) in [5.41, 5.74) is 1.50. The quantitative estimate of drug-likeness (QED) is 0.752. The fraction of sp³-hybridized carbons (Fsp3) is 0.250. The van der Waals surface area contributed by atoms with E-state index in [1.54, 1.807) is 37.1 Å². The van der Waals surface area contributed by atoms with Crippen molar-refractivity contribution in [2.24, 2.45) is 7.05 Å². The van der Waals surface area contributed by atoms with Gasteiger partial charge in [-0.05, 0) is 6.92 Å². The Bertz CT molecular complexity index is 800. The van der Waals surface area contributed by atoms with E-state index in [0.29, 0.717) is 22.8 Å².